The van der Waals surface area contributed by atoms with E-state index in [0.29, 0.717) is 12.2 Å². The van der Waals surface area contributed by atoms with Crippen molar-refractivity contribution in [3.63, 3.8) is 0 Å². The van der Waals surface area contributed by atoms with Gasteiger partial charge in [0, 0.05) is 12.0 Å². The first-order valence-corrected chi connectivity index (χ1v) is 6.17. The second-order valence-electron chi connectivity index (χ2n) is 4.82. The van der Waals surface area contributed by atoms with E-state index >= 15 is 0 Å². The quantitative estimate of drug-likeness (QED) is 0.886. The third-order valence-corrected chi connectivity index (χ3v) is 3.15. The number of phenolic OH excluding ortho intramolecular Hbond substituents is 1. The molecule has 0 radical (unpaired) electrons. The van der Waals surface area contributed by atoms with Crippen LogP contribution in [0.15, 0.2) is 48.5 Å². The highest BCUT2D eigenvalue weighted by Crippen LogP contribution is 2.32. The molecule has 0 aromatic heterocycles. The molecule has 100 valence electrons. The number of ether oxygens (including phenoxy) is 1. The topological polar surface area (TPSA) is 49.7 Å². The Morgan fingerprint density at radius 2 is 1.84 bits per heavy atom. The number of methoxy groups -OCH3 is 1. The molecular formula is C16H18O3. The van der Waals surface area contributed by atoms with Gasteiger partial charge in [-0.3, -0.25) is 0 Å². The largest absolute Gasteiger partial charge is 0.508 e. The summed E-state index contributed by atoms with van der Waals surface area (Å²) in [6.45, 7) is 1.74. The van der Waals surface area contributed by atoms with Gasteiger partial charge >= 0.3 is 0 Å². The summed E-state index contributed by atoms with van der Waals surface area (Å²) >= 11 is 0. The summed E-state index contributed by atoms with van der Waals surface area (Å²) in [7, 11) is 1.59. The average molecular weight is 258 g/mol. The van der Waals surface area contributed by atoms with E-state index in [4.69, 9.17) is 4.74 Å². The Balaban J connectivity index is 2.32. The zero-order valence-corrected chi connectivity index (χ0v) is 11.1. The van der Waals surface area contributed by atoms with Gasteiger partial charge in [-0.2, -0.15) is 0 Å². The second-order valence-corrected chi connectivity index (χ2v) is 4.82. The van der Waals surface area contributed by atoms with Crippen LogP contribution in [-0.2, 0) is 12.0 Å². The summed E-state index contributed by atoms with van der Waals surface area (Å²) in [5, 5.41) is 20.2. The Kier molecular flexibility index (Phi) is 3.76. The maximum absolute atomic E-state index is 10.7. The van der Waals surface area contributed by atoms with Crippen molar-refractivity contribution in [3.05, 3.63) is 59.7 Å². The fraction of sp³-hybridized carbons (Fsp3) is 0.250. The Morgan fingerprint density at radius 1 is 1.11 bits per heavy atom. The second kappa shape index (κ2) is 5.33. The summed E-state index contributed by atoms with van der Waals surface area (Å²) in [5.41, 5.74) is 0.553. The minimum Gasteiger partial charge on any atom is -0.508 e. The molecule has 0 bridgehead atoms. The van der Waals surface area contributed by atoms with E-state index in [-0.39, 0.29) is 5.75 Å². The molecule has 0 aliphatic heterocycles. The van der Waals surface area contributed by atoms with Crippen LogP contribution in [-0.4, -0.2) is 17.3 Å². The van der Waals surface area contributed by atoms with Crippen LogP contribution >= 0.6 is 0 Å². The smallest absolute Gasteiger partial charge is 0.124 e. The van der Waals surface area contributed by atoms with E-state index in [1.165, 1.54) is 0 Å². The summed E-state index contributed by atoms with van der Waals surface area (Å²) in [4.78, 5) is 0. The minimum absolute atomic E-state index is 0.202. The predicted octanol–water partition coefficient (Wildman–Crippen LogP) is 2.85. The van der Waals surface area contributed by atoms with Crippen molar-refractivity contribution >= 4 is 0 Å². The average Bonchev–Trinajstić information content (AvgIpc) is 2.38. The zero-order chi connectivity index (χ0) is 13.9. The van der Waals surface area contributed by atoms with Crippen molar-refractivity contribution in [1.29, 1.82) is 0 Å². The number of aromatic hydroxyl groups is 1. The summed E-state index contributed by atoms with van der Waals surface area (Å²) in [6, 6.07) is 14.3. The van der Waals surface area contributed by atoms with Gasteiger partial charge in [-0.15, -0.1) is 0 Å². The van der Waals surface area contributed by atoms with Crippen molar-refractivity contribution in [2.75, 3.05) is 7.11 Å². The first-order valence-electron chi connectivity index (χ1n) is 6.17. The lowest BCUT2D eigenvalue weighted by Gasteiger charge is -2.26. The number of para-hydroxylation sites is 1. The van der Waals surface area contributed by atoms with E-state index in [1.54, 1.807) is 32.2 Å². The van der Waals surface area contributed by atoms with E-state index in [1.807, 2.05) is 30.3 Å². The molecule has 0 heterocycles. The third-order valence-electron chi connectivity index (χ3n) is 3.15. The predicted molar refractivity (Wildman–Crippen MR) is 74.4 cm³/mol. The molecule has 0 aliphatic carbocycles. The SMILES string of the molecule is COc1ccccc1C(C)(O)Cc1cccc(O)c1. The standard InChI is InChI=1S/C16H18O3/c1-16(18,11-12-6-5-7-13(17)10-12)14-8-3-4-9-15(14)19-2/h3-10,17-18H,11H2,1-2H3. The van der Waals surface area contributed by atoms with Crippen molar-refractivity contribution < 1.29 is 14.9 Å². The molecule has 1 atom stereocenters. The highest BCUT2D eigenvalue weighted by molar-refractivity contribution is 5.39. The molecule has 0 amide bonds. The van der Waals surface area contributed by atoms with Gasteiger partial charge in [-0.1, -0.05) is 30.3 Å². The van der Waals surface area contributed by atoms with E-state index in [0.717, 1.165) is 11.1 Å². The molecule has 2 aromatic rings. The van der Waals surface area contributed by atoms with Crippen LogP contribution in [0.25, 0.3) is 0 Å². The molecule has 0 saturated heterocycles. The molecule has 3 heteroatoms. The van der Waals surface area contributed by atoms with Crippen LogP contribution < -0.4 is 4.74 Å². The van der Waals surface area contributed by atoms with E-state index in [2.05, 4.69) is 0 Å². The van der Waals surface area contributed by atoms with Crippen molar-refractivity contribution in [1.82, 2.24) is 0 Å². The van der Waals surface area contributed by atoms with Crippen LogP contribution in [0.5, 0.6) is 11.5 Å². The Bertz CT molecular complexity index is 561. The normalized spacial score (nSPS) is 13.8. The van der Waals surface area contributed by atoms with Crippen molar-refractivity contribution in [2.24, 2.45) is 0 Å². The summed E-state index contributed by atoms with van der Waals surface area (Å²) in [6.07, 6.45) is 0.405. The lowest BCUT2D eigenvalue weighted by atomic mass is 9.88. The summed E-state index contributed by atoms with van der Waals surface area (Å²) in [5.74, 6) is 0.862. The molecule has 1 unspecified atom stereocenters. The van der Waals surface area contributed by atoms with Gasteiger partial charge < -0.3 is 14.9 Å². The lowest BCUT2D eigenvalue weighted by molar-refractivity contribution is 0.0549. The zero-order valence-electron chi connectivity index (χ0n) is 11.1. The molecule has 0 fully saturated rings. The van der Waals surface area contributed by atoms with E-state index < -0.39 is 5.60 Å². The molecule has 19 heavy (non-hydrogen) atoms. The first-order chi connectivity index (χ1) is 9.03. The number of hydrogen-bond acceptors (Lipinski definition) is 3. The maximum Gasteiger partial charge on any atom is 0.124 e. The molecule has 3 nitrogen and oxygen atoms in total. The lowest BCUT2D eigenvalue weighted by Crippen LogP contribution is -2.25. The molecule has 2 aromatic carbocycles. The number of rotatable bonds is 4. The van der Waals surface area contributed by atoms with E-state index in [9.17, 15) is 10.2 Å². The Morgan fingerprint density at radius 3 is 2.53 bits per heavy atom. The Hall–Kier alpha value is -2.00. The fourth-order valence-electron chi connectivity index (χ4n) is 2.25. The number of phenols is 1. The number of benzene rings is 2. The van der Waals surface area contributed by atoms with Crippen LogP contribution in [0.1, 0.15) is 18.1 Å². The van der Waals surface area contributed by atoms with Crippen molar-refractivity contribution in [2.45, 2.75) is 18.9 Å². The van der Waals surface area contributed by atoms with Gasteiger partial charge in [0.25, 0.3) is 0 Å². The van der Waals surface area contributed by atoms with Gasteiger partial charge in [0.15, 0.2) is 0 Å². The van der Waals surface area contributed by atoms with Crippen molar-refractivity contribution in [3.8, 4) is 11.5 Å². The van der Waals surface area contributed by atoms with Gasteiger partial charge in [0.1, 0.15) is 11.5 Å². The molecule has 0 spiro atoms. The molecule has 0 saturated carbocycles. The first kappa shape index (κ1) is 13.4. The highest BCUT2D eigenvalue weighted by atomic mass is 16.5. The van der Waals surface area contributed by atoms with Gasteiger partial charge in [-0.25, -0.2) is 0 Å². The van der Waals surface area contributed by atoms with Gasteiger partial charge in [-0.05, 0) is 30.7 Å². The third kappa shape index (κ3) is 3.06. The highest BCUT2D eigenvalue weighted by Gasteiger charge is 2.26. The monoisotopic (exact) mass is 258 g/mol. The maximum atomic E-state index is 10.7. The molecular weight excluding hydrogens is 240 g/mol. The fourth-order valence-corrected chi connectivity index (χ4v) is 2.25. The molecule has 2 rings (SSSR count). The molecule has 0 aliphatic rings. The number of aliphatic hydroxyl groups is 1. The van der Waals surface area contributed by atoms with Crippen LogP contribution in [0, 0.1) is 0 Å². The molecule has 2 N–H and O–H groups in total. The summed E-state index contributed by atoms with van der Waals surface area (Å²) < 4.78 is 5.28. The minimum atomic E-state index is -1.06. The van der Waals surface area contributed by atoms with Crippen LogP contribution in [0.2, 0.25) is 0 Å². The van der Waals surface area contributed by atoms with Gasteiger partial charge in [0.05, 0.1) is 12.7 Å². The Labute approximate surface area is 113 Å². The van der Waals surface area contributed by atoms with Gasteiger partial charge in [0.2, 0.25) is 0 Å². The van der Waals surface area contributed by atoms with Crippen LogP contribution in [0.4, 0.5) is 0 Å². The van der Waals surface area contributed by atoms with Crippen LogP contribution in [0.3, 0.4) is 0 Å². The number of hydrogen-bond donors (Lipinski definition) is 2.